The summed E-state index contributed by atoms with van der Waals surface area (Å²) >= 11 is 0. The highest BCUT2D eigenvalue weighted by Gasteiger charge is 2.28. The van der Waals surface area contributed by atoms with Crippen molar-refractivity contribution in [2.75, 3.05) is 0 Å². The molecule has 12 nitrogen and oxygen atoms in total. The van der Waals surface area contributed by atoms with Gasteiger partial charge in [0.15, 0.2) is 0 Å². The van der Waals surface area contributed by atoms with Crippen molar-refractivity contribution >= 4 is 29.6 Å². The molecular formula is C19H27N5O7. The summed E-state index contributed by atoms with van der Waals surface area (Å²) < 4.78 is 0. The van der Waals surface area contributed by atoms with Gasteiger partial charge in [0.1, 0.15) is 23.9 Å². The molecule has 0 heterocycles. The normalized spacial score (nSPS) is 14.4. The Morgan fingerprint density at radius 1 is 0.903 bits per heavy atom. The van der Waals surface area contributed by atoms with Crippen LogP contribution in [-0.4, -0.2) is 64.0 Å². The SMILES string of the molecule is CC(N)C(=O)NC(CC(N)=O)C(=O)NC(C)C(=O)NC(Cc1ccc(O)cc1)C(=O)O. The van der Waals surface area contributed by atoms with E-state index in [9.17, 15) is 34.2 Å². The number of phenols is 1. The lowest BCUT2D eigenvalue weighted by atomic mass is 10.1. The van der Waals surface area contributed by atoms with E-state index in [1.165, 1.54) is 38.1 Å². The third-order valence-corrected chi connectivity index (χ3v) is 4.19. The molecule has 4 amide bonds. The van der Waals surface area contributed by atoms with Gasteiger partial charge in [-0.05, 0) is 31.5 Å². The number of aliphatic carboxylic acids is 1. The number of carbonyl (C=O) groups excluding carboxylic acids is 4. The highest BCUT2D eigenvalue weighted by atomic mass is 16.4. The van der Waals surface area contributed by atoms with E-state index in [0.29, 0.717) is 5.56 Å². The van der Waals surface area contributed by atoms with Crippen molar-refractivity contribution in [3.63, 3.8) is 0 Å². The minimum absolute atomic E-state index is 0.0117. The van der Waals surface area contributed by atoms with Gasteiger partial charge < -0.3 is 37.6 Å². The number of nitrogens with one attached hydrogen (secondary N) is 3. The number of nitrogens with two attached hydrogens (primary N) is 2. The molecule has 0 saturated carbocycles. The molecule has 4 atom stereocenters. The number of aromatic hydroxyl groups is 1. The van der Waals surface area contributed by atoms with E-state index >= 15 is 0 Å². The molecule has 31 heavy (non-hydrogen) atoms. The number of benzene rings is 1. The van der Waals surface area contributed by atoms with Gasteiger partial charge in [-0.2, -0.15) is 0 Å². The first-order valence-electron chi connectivity index (χ1n) is 9.36. The van der Waals surface area contributed by atoms with Crippen molar-refractivity contribution in [2.24, 2.45) is 11.5 Å². The second-order valence-corrected chi connectivity index (χ2v) is 7.02. The van der Waals surface area contributed by atoms with Crippen LogP contribution in [0, 0.1) is 0 Å². The molecule has 0 aliphatic rings. The highest BCUT2D eigenvalue weighted by Crippen LogP contribution is 2.11. The maximum Gasteiger partial charge on any atom is 0.326 e. The Morgan fingerprint density at radius 2 is 1.45 bits per heavy atom. The van der Waals surface area contributed by atoms with Crippen LogP contribution in [0.2, 0.25) is 0 Å². The van der Waals surface area contributed by atoms with Gasteiger partial charge in [0.2, 0.25) is 23.6 Å². The smallest absolute Gasteiger partial charge is 0.326 e. The number of carbonyl (C=O) groups is 5. The molecule has 0 bridgehead atoms. The van der Waals surface area contributed by atoms with Crippen LogP contribution in [0.4, 0.5) is 0 Å². The van der Waals surface area contributed by atoms with Crippen molar-refractivity contribution in [1.29, 1.82) is 0 Å². The van der Waals surface area contributed by atoms with Crippen LogP contribution in [0.15, 0.2) is 24.3 Å². The van der Waals surface area contributed by atoms with Crippen molar-refractivity contribution in [3.05, 3.63) is 29.8 Å². The van der Waals surface area contributed by atoms with Gasteiger partial charge in [0.25, 0.3) is 0 Å². The number of primary amides is 1. The Kier molecular flexibility index (Phi) is 9.41. The van der Waals surface area contributed by atoms with Crippen LogP contribution in [0.25, 0.3) is 0 Å². The molecule has 1 rings (SSSR count). The monoisotopic (exact) mass is 437 g/mol. The molecule has 170 valence electrons. The third kappa shape index (κ3) is 8.70. The number of rotatable bonds is 11. The molecule has 1 aromatic carbocycles. The Morgan fingerprint density at radius 3 is 1.94 bits per heavy atom. The Balaban J connectivity index is 2.78. The molecule has 9 N–H and O–H groups in total. The number of hydrogen-bond acceptors (Lipinski definition) is 7. The first-order chi connectivity index (χ1) is 14.4. The lowest BCUT2D eigenvalue weighted by Gasteiger charge is -2.22. The summed E-state index contributed by atoms with van der Waals surface area (Å²) in [5, 5.41) is 25.6. The largest absolute Gasteiger partial charge is 0.508 e. The maximum absolute atomic E-state index is 12.4. The van der Waals surface area contributed by atoms with E-state index in [1.807, 2.05) is 0 Å². The number of phenolic OH excluding ortho intramolecular Hbond substituents is 1. The summed E-state index contributed by atoms with van der Waals surface area (Å²) in [6.45, 7) is 2.69. The molecule has 0 aliphatic heterocycles. The van der Waals surface area contributed by atoms with Gasteiger partial charge >= 0.3 is 5.97 Å². The van der Waals surface area contributed by atoms with Crippen molar-refractivity contribution in [1.82, 2.24) is 16.0 Å². The fraction of sp³-hybridized carbons (Fsp3) is 0.421. The molecule has 4 unspecified atom stereocenters. The maximum atomic E-state index is 12.4. The van der Waals surface area contributed by atoms with Crippen LogP contribution in [0.5, 0.6) is 5.75 Å². The third-order valence-electron chi connectivity index (χ3n) is 4.19. The summed E-state index contributed by atoms with van der Waals surface area (Å²) in [5.74, 6) is -4.49. The fourth-order valence-corrected chi connectivity index (χ4v) is 2.46. The lowest BCUT2D eigenvalue weighted by Crippen LogP contribution is -2.56. The molecule has 12 heteroatoms. The summed E-state index contributed by atoms with van der Waals surface area (Å²) in [6.07, 6.45) is -0.575. The lowest BCUT2D eigenvalue weighted by molar-refractivity contribution is -0.142. The molecule has 1 aromatic rings. The predicted molar refractivity (Wildman–Crippen MR) is 108 cm³/mol. The fourth-order valence-electron chi connectivity index (χ4n) is 2.46. The van der Waals surface area contributed by atoms with Crippen LogP contribution in [0.1, 0.15) is 25.8 Å². The molecule has 0 aromatic heterocycles. The highest BCUT2D eigenvalue weighted by molar-refractivity contribution is 5.95. The zero-order chi connectivity index (χ0) is 23.7. The van der Waals surface area contributed by atoms with Crippen LogP contribution in [0.3, 0.4) is 0 Å². The van der Waals surface area contributed by atoms with Crippen LogP contribution < -0.4 is 27.4 Å². The van der Waals surface area contributed by atoms with Crippen molar-refractivity contribution in [3.8, 4) is 5.75 Å². The topological polar surface area (TPSA) is 214 Å². The Labute approximate surface area is 178 Å². The number of carboxylic acids is 1. The van der Waals surface area contributed by atoms with Gasteiger partial charge in [0.05, 0.1) is 12.5 Å². The molecule has 0 radical (unpaired) electrons. The van der Waals surface area contributed by atoms with Crippen LogP contribution in [-0.2, 0) is 30.4 Å². The quantitative estimate of drug-likeness (QED) is 0.200. The summed E-state index contributed by atoms with van der Waals surface area (Å²) in [7, 11) is 0. The van der Waals surface area contributed by atoms with Gasteiger partial charge in [-0.15, -0.1) is 0 Å². The molecule has 0 saturated heterocycles. The van der Waals surface area contributed by atoms with Crippen LogP contribution >= 0.6 is 0 Å². The summed E-state index contributed by atoms with van der Waals surface area (Å²) in [6, 6.07) is 1.02. The van der Waals surface area contributed by atoms with E-state index in [-0.39, 0.29) is 12.2 Å². The predicted octanol–water partition coefficient (Wildman–Crippen LogP) is -2.28. The van der Waals surface area contributed by atoms with E-state index in [1.54, 1.807) is 0 Å². The van der Waals surface area contributed by atoms with Gasteiger partial charge in [-0.25, -0.2) is 4.79 Å². The zero-order valence-corrected chi connectivity index (χ0v) is 17.1. The van der Waals surface area contributed by atoms with E-state index in [4.69, 9.17) is 11.5 Å². The standard InChI is InChI=1S/C19H27N5O7/c1-9(20)16(27)23-13(8-15(21)26)18(29)22-10(2)17(28)24-14(19(30)31)7-11-3-5-12(25)6-4-11/h3-6,9-10,13-14,25H,7-8,20H2,1-2H3,(H2,21,26)(H,22,29)(H,23,27)(H,24,28)(H,30,31). The van der Waals surface area contributed by atoms with E-state index in [0.717, 1.165) is 0 Å². The molecular weight excluding hydrogens is 410 g/mol. The second kappa shape index (κ2) is 11.5. The van der Waals surface area contributed by atoms with Gasteiger partial charge in [0, 0.05) is 6.42 Å². The van der Waals surface area contributed by atoms with Gasteiger partial charge in [-0.3, -0.25) is 19.2 Å². The number of hydrogen-bond donors (Lipinski definition) is 7. The minimum Gasteiger partial charge on any atom is -0.508 e. The van der Waals surface area contributed by atoms with Crippen molar-refractivity contribution in [2.45, 2.75) is 50.9 Å². The first kappa shape index (κ1) is 25.4. The Bertz CT molecular complexity index is 825. The van der Waals surface area contributed by atoms with Gasteiger partial charge in [-0.1, -0.05) is 12.1 Å². The average Bonchev–Trinajstić information content (AvgIpc) is 2.67. The summed E-state index contributed by atoms with van der Waals surface area (Å²) in [4.78, 5) is 59.2. The van der Waals surface area contributed by atoms with Crippen molar-refractivity contribution < 1.29 is 34.2 Å². The number of amides is 4. The Hall–Kier alpha value is -3.67. The molecule has 0 fully saturated rings. The first-order valence-corrected chi connectivity index (χ1v) is 9.36. The zero-order valence-electron chi connectivity index (χ0n) is 17.1. The number of carboxylic acid groups (broad SMARTS) is 1. The van der Waals surface area contributed by atoms with E-state index in [2.05, 4.69) is 16.0 Å². The average molecular weight is 437 g/mol. The van der Waals surface area contributed by atoms with E-state index < -0.39 is 60.2 Å². The minimum atomic E-state index is -1.35. The molecule has 0 aliphatic carbocycles. The second-order valence-electron chi connectivity index (χ2n) is 7.02. The molecule has 0 spiro atoms. The summed E-state index contributed by atoms with van der Waals surface area (Å²) in [5.41, 5.74) is 11.1.